The van der Waals surface area contributed by atoms with Crippen LogP contribution < -0.4 is 10.0 Å². The van der Waals surface area contributed by atoms with Crippen molar-refractivity contribution in [3.8, 4) is 0 Å². The molecule has 0 saturated carbocycles. The third kappa shape index (κ3) is 8.06. The Bertz CT molecular complexity index is 302. The molecule has 0 heterocycles. The molecule has 0 aromatic rings. The zero-order valence-corrected chi connectivity index (χ0v) is 13.3. The van der Waals surface area contributed by atoms with Crippen molar-refractivity contribution in [1.29, 1.82) is 0 Å². The molecule has 0 spiro atoms. The Hall–Kier alpha value is -0.130. The van der Waals surface area contributed by atoms with Crippen LogP contribution in [-0.4, -0.2) is 32.8 Å². The van der Waals surface area contributed by atoms with Gasteiger partial charge in [-0.2, -0.15) is 0 Å². The SMILES string of the molecule is CCCNCC(C)S(=O)(=O)NC(C)CCC(C)C. The first kappa shape index (κ1) is 17.9. The maximum Gasteiger partial charge on any atom is 0.215 e. The van der Waals surface area contributed by atoms with E-state index in [0.29, 0.717) is 12.5 Å². The zero-order valence-electron chi connectivity index (χ0n) is 12.5. The first-order valence-electron chi connectivity index (χ1n) is 7.01. The van der Waals surface area contributed by atoms with Crippen LogP contribution in [-0.2, 0) is 10.0 Å². The van der Waals surface area contributed by atoms with Gasteiger partial charge in [-0.25, -0.2) is 13.1 Å². The summed E-state index contributed by atoms with van der Waals surface area (Å²) in [7, 11) is -3.20. The van der Waals surface area contributed by atoms with Crippen molar-refractivity contribution in [3.63, 3.8) is 0 Å². The second-order valence-electron chi connectivity index (χ2n) is 5.55. The van der Waals surface area contributed by atoms with Gasteiger partial charge in [0.15, 0.2) is 0 Å². The van der Waals surface area contributed by atoms with Crippen molar-refractivity contribution in [3.05, 3.63) is 0 Å². The van der Waals surface area contributed by atoms with Crippen LogP contribution in [0.3, 0.4) is 0 Å². The Morgan fingerprint density at radius 1 is 1.06 bits per heavy atom. The van der Waals surface area contributed by atoms with Gasteiger partial charge >= 0.3 is 0 Å². The Morgan fingerprint density at radius 3 is 2.17 bits per heavy atom. The third-order valence-electron chi connectivity index (χ3n) is 2.93. The molecule has 0 aliphatic heterocycles. The van der Waals surface area contributed by atoms with E-state index in [1.165, 1.54) is 0 Å². The summed E-state index contributed by atoms with van der Waals surface area (Å²) in [5, 5.41) is 2.76. The van der Waals surface area contributed by atoms with Crippen LogP contribution in [0.4, 0.5) is 0 Å². The lowest BCUT2D eigenvalue weighted by Gasteiger charge is -2.19. The molecule has 0 amide bonds. The van der Waals surface area contributed by atoms with Crippen LogP contribution >= 0.6 is 0 Å². The average molecular weight is 278 g/mol. The van der Waals surface area contributed by atoms with Crippen molar-refractivity contribution in [2.24, 2.45) is 5.92 Å². The van der Waals surface area contributed by atoms with Crippen LogP contribution in [0.5, 0.6) is 0 Å². The lowest BCUT2D eigenvalue weighted by molar-refractivity contribution is 0.480. The molecule has 0 aromatic carbocycles. The second kappa shape index (κ2) is 8.88. The second-order valence-corrected chi connectivity index (χ2v) is 7.68. The molecule has 0 radical (unpaired) electrons. The van der Waals surface area contributed by atoms with Crippen molar-refractivity contribution in [2.45, 2.75) is 65.2 Å². The van der Waals surface area contributed by atoms with E-state index in [1.807, 2.05) is 6.92 Å². The summed E-state index contributed by atoms with van der Waals surface area (Å²) < 4.78 is 26.8. The van der Waals surface area contributed by atoms with Crippen LogP contribution in [0.25, 0.3) is 0 Å². The summed E-state index contributed by atoms with van der Waals surface area (Å²) in [6.45, 7) is 11.4. The van der Waals surface area contributed by atoms with Crippen molar-refractivity contribution < 1.29 is 8.42 Å². The number of nitrogens with one attached hydrogen (secondary N) is 2. The highest BCUT2D eigenvalue weighted by Crippen LogP contribution is 2.08. The molecular formula is C13H30N2O2S. The van der Waals surface area contributed by atoms with Crippen LogP contribution in [0.2, 0.25) is 0 Å². The fraction of sp³-hybridized carbons (Fsp3) is 1.00. The molecule has 0 aliphatic rings. The molecule has 2 N–H and O–H groups in total. The van der Waals surface area contributed by atoms with Gasteiger partial charge in [0.05, 0.1) is 5.25 Å². The van der Waals surface area contributed by atoms with E-state index in [2.05, 4.69) is 30.8 Å². The van der Waals surface area contributed by atoms with Gasteiger partial charge in [-0.3, -0.25) is 0 Å². The maximum absolute atomic E-state index is 12.0. The quantitative estimate of drug-likeness (QED) is 0.602. The normalized spacial score (nSPS) is 15.9. The smallest absolute Gasteiger partial charge is 0.215 e. The first-order chi connectivity index (χ1) is 8.29. The number of hydrogen-bond acceptors (Lipinski definition) is 3. The summed E-state index contributed by atoms with van der Waals surface area (Å²) in [4.78, 5) is 0. The molecule has 2 unspecified atom stereocenters. The Kier molecular flexibility index (Phi) is 8.82. The highest BCUT2D eigenvalue weighted by molar-refractivity contribution is 7.90. The van der Waals surface area contributed by atoms with E-state index in [0.717, 1.165) is 25.8 Å². The highest BCUT2D eigenvalue weighted by atomic mass is 32.2. The minimum atomic E-state index is -3.20. The molecule has 0 bridgehead atoms. The van der Waals surface area contributed by atoms with E-state index in [4.69, 9.17) is 0 Å². The minimum Gasteiger partial charge on any atom is -0.315 e. The molecule has 4 nitrogen and oxygen atoms in total. The Morgan fingerprint density at radius 2 is 1.67 bits per heavy atom. The van der Waals surface area contributed by atoms with Crippen molar-refractivity contribution in [1.82, 2.24) is 10.0 Å². The van der Waals surface area contributed by atoms with E-state index >= 15 is 0 Å². The van der Waals surface area contributed by atoms with E-state index < -0.39 is 10.0 Å². The van der Waals surface area contributed by atoms with Gasteiger partial charge in [0.2, 0.25) is 10.0 Å². The molecule has 2 atom stereocenters. The Balaban J connectivity index is 4.11. The number of rotatable bonds is 10. The van der Waals surface area contributed by atoms with Crippen molar-refractivity contribution >= 4 is 10.0 Å². The largest absolute Gasteiger partial charge is 0.315 e. The van der Waals surface area contributed by atoms with Gasteiger partial charge in [-0.1, -0.05) is 20.8 Å². The van der Waals surface area contributed by atoms with E-state index in [1.54, 1.807) is 6.92 Å². The van der Waals surface area contributed by atoms with Gasteiger partial charge < -0.3 is 5.32 Å². The molecule has 0 rings (SSSR count). The predicted octanol–water partition coefficient (Wildman–Crippen LogP) is 2.12. The summed E-state index contributed by atoms with van der Waals surface area (Å²) in [5.41, 5.74) is 0. The molecule has 0 aromatic heterocycles. The molecule has 0 saturated heterocycles. The molecule has 110 valence electrons. The fourth-order valence-corrected chi connectivity index (χ4v) is 2.88. The molecule has 0 fully saturated rings. The summed E-state index contributed by atoms with van der Waals surface area (Å²) >= 11 is 0. The van der Waals surface area contributed by atoms with Crippen LogP contribution in [0.15, 0.2) is 0 Å². The topological polar surface area (TPSA) is 58.2 Å². The monoisotopic (exact) mass is 278 g/mol. The molecule has 0 aliphatic carbocycles. The maximum atomic E-state index is 12.0. The van der Waals surface area contributed by atoms with Gasteiger partial charge in [0.1, 0.15) is 0 Å². The van der Waals surface area contributed by atoms with Gasteiger partial charge in [-0.05, 0) is 45.6 Å². The summed E-state index contributed by atoms with van der Waals surface area (Å²) in [6.07, 6.45) is 2.96. The van der Waals surface area contributed by atoms with Gasteiger partial charge in [0, 0.05) is 12.6 Å². The van der Waals surface area contributed by atoms with Gasteiger partial charge in [0.25, 0.3) is 0 Å². The van der Waals surface area contributed by atoms with Gasteiger partial charge in [-0.15, -0.1) is 0 Å². The van der Waals surface area contributed by atoms with Crippen LogP contribution in [0, 0.1) is 5.92 Å². The number of sulfonamides is 1. The average Bonchev–Trinajstić information content (AvgIpc) is 2.26. The van der Waals surface area contributed by atoms with E-state index in [9.17, 15) is 8.42 Å². The number of hydrogen-bond donors (Lipinski definition) is 2. The standard InChI is InChI=1S/C13H30N2O2S/c1-6-9-14-10-13(5)18(16,17)15-12(4)8-7-11(2)3/h11-15H,6-10H2,1-5H3. The third-order valence-corrected chi connectivity index (χ3v) is 4.89. The van der Waals surface area contributed by atoms with Crippen molar-refractivity contribution in [2.75, 3.05) is 13.1 Å². The Labute approximate surface area is 113 Å². The zero-order chi connectivity index (χ0) is 14.2. The highest BCUT2D eigenvalue weighted by Gasteiger charge is 2.22. The summed E-state index contributed by atoms with van der Waals surface area (Å²) in [5.74, 6) is 0.612. The molecule has 5 heteroatoms. The molecule has 18 heavy (non-hydrogen) atoms. The first-order valence-corrected chi connectivity index (χ1v) is 8.56. The van der Waals surface area contributed by atoms with Crippen LogP contribution in [0.1, 0.15) is 53.9 Å². The molecular weight excluding hydrogens is 248 g/mol. The lowest BCUT2D eigenvalue weighted by atomic mass is 10.1. The minimum absolute atomic E-state index is 0.0195. The predicted molar refractivity (Wildman–Crippen MR) is 78.2 cm³/mol. The summed E-state index contributed by atoms with van der Waals surface area (Å²) in [6, 6.07) is 0.0195. The lowest BCUT2D eigenvalue weighted by Crippen LogP contribution is -2.42. The van der Waals surface area contributed by atoms with E-state index in [-0.39, 0.29) is 11.3 Å². The fourth-order valence-electron chi connectivity index (χ4n) is 1.63.